The fourth-order valence-corrected chi connectivity index (χ4v) is 3.05. The normalized spacial score (nSPS) is 12.4. The first-order chi connectivity index (χ1) is 12.0. The quantitative estimate of drug-likeness (QED) is 0.659. The van der Waals surface area contributed by atoms with Gasteiger partial charge in [0.15, 0.2) is 5.82 Å². The molecule has 1 unspecified atom stereocenters. The molecule has 2 N–H and O–H groups in total. The average Bonchev–Trinajstić information content (AvgIpc) is 3.01. The van der Waals surface area contributed by atoms with E-state index in [0.717, 1.165) is 12.8 Å². The Hall–Kier alpha value is -1.89. The number of rotatable bonds is 9. The first kappa shape index (κ1) is 19.4. The van der Waals surface area contributed by atoms with Crippen molar-refractivity contribution in [2.75, 3.05) is 5.75 Å². The van der Waals surface area contributed by atoms with E-state index in [-0.39, 0.29) is 23.5 Å². The molecule has 1 heterocycles. The third kappa shape index (κ3) is 6.49. The summed E-state index contributed by atoms with van der Waals surface area (Å²) in [7, 11) is 0. The molecule has 25 heavy (non-hydrogen) atoms. The molecule has 1 amide bonds. The van der Waals surface area contributed by atoms with Crippen LogP contribution in [-0.4, -0.2) is 32.9 Å². The van der Waals surface area contributed by atoms with Crippen molar-refractivity contribution in [2.24, 2.45) is 5.92 Å². The molecule has 0 saturated carbocycles. The van der Waals surface area contributed by atoms with Crippen LogP contribution >= 0.6 is 11.8 Å². The number of halogens is 1. The molecule has 2 aromatic rings. The number of thioether (sulfide) groups is 1. The number of aromatic amines is 1. The van der Waals surface area contributed by atoms with Gasteiger partial charge in [0.1, 0.15) is 5.82 Å². The van der Waals surface area contributed by atoms with Crippen LogP contribution in [0.1, 0.15) is 40.0 Å². The third-order valence-corrected chi connectivity index (χ3v) is 4.60. The molecule has 0 aliphatic rings. The number of benzene rings is 1. The SMILES string of the molecule is CC(C)CCCC(C)NC(=O)CSc1n[nH]c(-c2ccccc2F)n1. The van der Waals surface area contributed by atoms with Crippen molar-refractivity contribution in [3.05, 3.63) is 30.1 Å². The van der Waals surface area contributed by atoms with Crippen LogP contribution < -0.4 is 5.32 Å². The minimum Gasteiger partial charge on any atom is -0.353 e. The number of nitrogens with zero attached hydrogens (tertiary/aromatic N) is 2. The molecular weight excluding hydrogens is 339 g/mol. The van der Waals surface area contributed by atoms with Crippen LogP contribution in [0.15, 0.2) is 29.4 Å². The Morgan fingerprint density at radius 2 is 2.04 bits per heavy atom. The lowest BCUT2D eigenvalue weighted by Crippen LogP contribution is -2.33. The number of aromatic nitrogens is 3. The van der Waals surface area contributed by atoms with Crippen molar-refractivity contribution in [1.29, 1.82) is 0 Å². The Morgan fingerprint density at radius 1 is 1.28 bits per heavy atom. The van der Waals surface area contributed by atoms with E-state index in [2.05, 4.69) is 34.3 Å². The zero-order valence-electron chi connectivity index (χ0n) is 14.9. The molecular formula is C18H25FN4OS. The summed E-state index contributed by atoms with van der Waals surface area (Å²) in [5.41, 5.74) is 0.366. The van der Waals surface area contributed by atoms with Gasteiger partial charge in [-0.3, -0.25) is 9.89 Å². The summed E-state index contributed by atoms with van der Waals surface area (Å²) in [5.74, 6) is 0.890. The Bertz CT molecular complexity index is 689. The Balaban J connectivity index is 1.78. The molecule has 136 valence electrons. The summed E-state index contributed by atoms with van der Waals surface area (Å²) in [6.07, 6.45) is 3.26. The van der Waals surface area contributed by atoms with E-state index >= 15 is 0 Å². The van der Waals surface area contributed by atoms with Gasteiger partial charge in [-0.25, -0.2) is 9.37 Å². The van der Waals surface area contributed by atoms with Gasteiger partial charge in [-0.15, -0.1) is 5.10 Å². The minimum absolute atomic E-state index is 0.0423. The van der Waals surface area contributed by atoms with E-state index in [4.69, 9.17) is 0 Å². The predicted octanol–water partition coefficient (Wildman–Crippen LogP) is 4.03. The van der Waals surface area contributed by atoms with Crippen molar-refractivity contribution in [3.8, 4) is 11.4 Å². The molecule has 1 aromatic carbocycles. The highest BCUT2D eigenvalue weighted by Gasteiger charge is 2.13. The molecule has 0 spiro atoms. The van der Waals surface area contributed by atoms with Gasteiger partial charge in [-0.05, 0) is 31.4 Å². The highest BCUT2D eigenvalue weighted by Crippen LogP contribution is 2.21. The van der Waals surface area contributed by atoms with Crippen LogP contribution in [0, 0.1) is 11.7 Å². The number of carbonyl (C=O) groups excluding carboxylic acids is 1. The number of hydrogen-bond acceptors (Lipinski definition) is 4. The summed E-state index contributed by atoms with van der Waals surface area (Å²) in [5, 5.41) is 10.2. The zero-order chi connectivity index (χ0) is 18.2. The number of nitrogens with one attached hydrogen (secondary N) is 2. The largest absolute Gasteiger partial charge is 0.353 e. The monoisotopic (exact) mass is 364 g/mol. The molecule has 0 saturated heterocycles. The van der Waals surface area contributed by atoms with E-state index in [1.165, 1.54) is 24.2 Å². The molecule has 0 aliphatic heterocycles. The van der Waals surface area contributed by atoms with Crippen molar-refractivity contribution in [2.45, 2.75) is 51.2 Å². The molecule has 0 fully saturated rings. The van der Waals surface area contributed by atoms with E-state index < -0.39 is 0 Å². The van der Waals surface area contributed by atoms with Gasteiger partial charge in [-0.1, -0.05) is 50.6 Å². The van der Waals surface area contributed by atoms with Crippen LogP contribution in [0.25, 0.3) is 11.4 Å². The van der Waals surface area contributed by atoms with Gasteiger partial charge in [0.05, 0.1) is 11.3 Å². The highest BCUT2D eigenvalue weighted by atomic mass is 32.2. The molecule has 1 aromatic heterocycles. The first-order valence-corrected chi connectivity index (χ1v) is 9.53. The second-order valence-corrected chi connectivity index (χ2v) is 7.47. The molecule has 7 heteroatoms. The lowest BCUT2D eigenvalue weighted by molar-refractivity contribution is -0.119. The summed E-state index contributed by atoms with van der Waals surface area (Å²) in [4.78, 5) is 16.2. The summed E-state index contributed by atoms with van der Waals surface area (Å²) in [6.45, 7) is 6.42. The number of H-pyrrole nitrogens is 1. The Kier molecular flexibility index (Phi) is 7.43. The van der Waals surface area contributed by atoms with Gasteiger partial charge in [0.2, 0.25) is 11.1 Å². The summed E-state index contributed by atoms with van der Waals surface area (Å²) >= 11 is 1.23. The molecule has 5 nitrogen and oxygen atoms in total. The van der Waals surface area contributed by atoms with Crippen molar-refractivity contribution in [1.82, 2.24) is 20.5 Å². The lowest BCUT2D eigenvalue weighted by Gasteiger charge is -2.14. The van der Waals surface area contributed by atoms with Gasteiger partial charge >= 0.3 is 0 Å². The lowest BCUT2D eigenvalue weighted by atomic mass is 10.0. The van der Waals surface area contributed by atoms with E-state index in [1.54, 1.807) is 18.2 Å². The summed E-state index contributed by atoms with van der Waals surface area (Å²) in [6, 6.07) is 6.53. The maximum Gasteiger partial charge on any atom is 0.230 e. The second kappa shape index (κ2) is 9.56. The maximum atomic E-state index is 13.7. The van der Waals surface area contributed by atoms with Gasteiger partial charge in [-0.2, -0.15) is 0 Å². The van der Waals surface area contributed by atoms with Crippen molar-refractivity contribution < 1.29 is 9.18 Å². The van der Waals surface area contributed by atoms with E-state index in [0.29, 0.717) is 22.5 Å². The second-order valence-electron chi connectivity index (χ2n) is 6.53. The van der Waals surface area contributed by atoms with Gasteiger partial charge in [0, 0.05) is 6.04 Å². The zero-order valence-corrected chi connectivity index (χ0v) is 15.7. The molecule has 1 atom stereocenters. The summed E-state index contributed by atoms with van der Waals surface area (Å²) < 4.78 is 13.7. The minimum atomic E-state index is -0.358. The van der Waals surface area contributed by atoms with Crippen molar-refractivity contribution in [3.63, 3.8) is 0 Å². The van der Waals surface area contributed by atoms with Crippen LogP contribution in [0.3, 0.4) is 0 Å². The van der Waals surface area contributed by atoms with Crippen LogP contribution in [0.5, 0.6) is 0 Å². The van der Waals surface area contributed by atoms with E-state index in [9.17, 15) is 9.18 Å². The fourth-order valence-electron chi connectivity index (χ4n) is 2.44. The van der Waals surface area contributed by atoms with Crippen molar-refractivity contribution >= 4 is 17.7 Å². The van der Waals surface area contributed by atoms with Crippen LogP contribution in [0.4, 0.5) is 4.39 Å². The fraction of sp³-hybridized carbons (Fsp3) is 0.500. The molecule has 0 bridgehead atoms. The number of hydrogen-bond donors (Lipinski definition) is 2. The molecule has 0 radical (unpaired) electrons. The van der Waals surface area contributed by atoms with E-state index in [1.807, 2.05) is 6.92 Å². The highest BCUT2D eigenvalue weighted by molar-refractivity contribution is 7.99. The van der Waals surface area contributed by atoms with Gasteiger partial charge in [0.25, 0.3) is 0 Å². The van der Waals surface area contributed by atoms with Crippen LogP contribution in [-0.2, 0) is 4.79 Å². The standard InChI is InChI=1S/C18H25FN4OS/c1-12(2)7-6-8-13(3)20-16(24)11-25-18-21-17(22-23-18)14-9-4-5-10-15(14)19/h4-5,9-10,12-13H,6-8,11H2,1-3H3,(H,20,24)(H,21,22,23). The van der Waals surface area contributed by atoms with Crippen LogP contribution in [0.2, 0.25) is 0 Å². The predicted molar refractivity (Wildman–Crippen MR) is 98.8 cm³/mol. The topological polar surface area (TPSA) is 70.7 Å². The smallest absolute Gasteiger partial charge is 0.230 e. The average molecular weight is 364 g/mol. The molecule has 2 rings (SSSR count). The van der Waals surface area contributed by atoms with Gasteiger partial charge < -0.3 is 5.32 Å². The number of amides is 1. The Labute approximate surface area is 152 Å². The Morgan fingerprint density at radius 3 is 2.76 bits per heavy atom. The third-order valence-electron chi connectivity index (χ3n) is 3.75. The molecule has 0 aliphatic carbocycles. The number of carbonyl (C=O) groups is 1. The first-order valence-electron chi connectivity index (χ1n) is 8.55. The maximum absolute atomic E-state index is 13.7.